The van der Waals surface area contributed by atoms with Crippen LogP contribution in [0.4, 0.5) is 11.4 Å². The molecule has 1 heterocycles. The Labute approximate surface area is 175 Å². The maximum absolute atomic E-state index is 12.3. The normalized spacial score (nSPS) is 10.5. The summed E-state index contributed by atoms with van der Waals surface area (Å²) in [5.41, 5.74) is 1.07. The van der Waals surface area contributed by atoms with Crippen LogP contribution in [-0.2, 0) is 11.3 Å². The number of hydrogen-bond acceptors (Lipinski definition) is 6. The van der Waals surface area contributed by atoms with Crippen LogP contribution < -0.4 is 5.32 Å². The number of benzene rings is 2. The molecule has 0 spiro atoms. The van der Waals surface area contributed by atoms with Gasteiger partial charge < -0.3 is 5.32 Å². The summed E-state index contributed by atoms with van der Waals surface area (Å²) in [4.78, 5) is 22.6. The van der Waals surface area contributed by atoms with E-state index >= 15 is 0 Å². The number of halogens is 1. The smallest absolute Gasteiger partial charge is 0.271 e. The number of carbonyl (C=O) groups excluding carboxylic acids is 1. The quantitative estimate of drug-likeness (QED) is 0.246. The summed E-state index contributed by atoms with van der Waals surface area (Å²) >= 11 is 7.27. The van der Waals surface area contributed by atoms with Gasteiger partial charge in [-0.25, -0.2) is 0 Å². The van der Waals surface area contributed by atoms with E-state index in [4.69, 9.17) is 11.6 Å². The molecule has 0 atom stereocenters. The topological polar surface area (TPSA) is 103 Å². The summed E-state index contributed by atoms with van der Waals surface area (Å²) in [5.74, 6) is 0.370. The van der Waals surface area contributed by atoms with Gasteiger partial charge in [-0.05, 0) is 18.2 Å². The number of nitrogens with zero attached hydrogens (tertiary/aromatic N) is 4. The summed E-state index contributed by atoms with van der Waals surface area (Å²) in [5, 5.41) is 23.0. The minimum absolute atomic E-state index is 0.0630. The molecule has 1 amide bonds. The second kappa shape index (κ2) is 9.35. The van der Waals surface area contributed by atoms with Gasteiger partial charge in [-0.1, -0.05) is 47.6 Å². The predicted octanol–water partition coefficient (Wildman–Crippen LogP) is 4.42. The lowest BCUT2D eigenvalue weighted by Gasteiger charge is -2.08. The number of nitro benzene ring substituents is 1. The van der Waals surface area contributed by atoms with Gasteiger partial charge in [-0.3, -0.25) is 19.5 Å². The molecule has 2 aromatic carbocycles. The number of hydrogen-bond donors (Lipinski definition) is 1. The first kappa shape index (κ1) is 20.6. The van der Waals surface area contributed by atoms with E-state index < -0.39 is 4.92 Å². The summed E-state index contributed by atoms with van der Waals surface area (Å²) in [6, 6.07) is 13.0. The molecule has 0 aliphatic carbocycles. The van der Waals surface area contributed by atoms with Gasteiger partial charge in [0.05, 0.1) is 10.7 Å². The Hall–Kier alpha value is -3.17. The Bertz CT molecular complexity index is 1070. The van der Waals surface area contributed by atoms with Crippen LogP contribution in [0.15, 0.2) is 66.3 Å². The van der Waals surface area contributed by atoms with Crippen molar-refractivity contribution in [2.45, 2.75) is 11.7 Å². The molecule has 0 fully saturated rings. The van der Waals surface area contributed by atoms with E-state index in [0.717, 1.165) is 5.56 Å². The number of rotatable bonds is 8. The van der Waals surface area contributed by atoms with E-state index in [9.17, 15) is 14.9 Å². The van der Waals surface area contributed by atoms with Gasteiger partial charge in [0.15, 0.2) is 11.0 Å². The molecule has 0 unspecified atom stereocenters. The highest BCUT2D eigenvalue weighted by molar-refractivity contribution is 7.99. The zero-order valence-electron chi connectivity index (χ0n) is 15.1. The third-order valence-corrected chi connectivity index (χ3v) is 4.99. The lowest BCUT2D eigenvalue weighted by atomic mass is 10.2. The molecule has 1 N–H and O–H groups in total. The average molecular weight is 430 g/mol. The second-order valence-corrected chi connectivity index (χ2v) is 7.24. The molecular formula is C19H16ClN5O3S. The van der Waals surface area contributed by atoms with Crippen molar-refractivity contribution < 1.29 is 9.72 Å². The maximum atomic E-state index is 12.3. The minimum atomic E-state index is -0.514. The molecule has 3 rings (SSSR count). The summed E-state index contributed by atoms with van der Waals surface area (Å²) in [6.07, 6.45) is 1.71. The van der Waals surface area contributed by atoms with Gasteiger partial charge in [0.1, 0.15) is 0 Å². The van der Waals surface area contributed by atoms with Gasteiger partial charge in [-0.2, -0.15) is 0 Å². The van der Waals surface area contributed by atoms with Crippen LogP contribution in [0.2, 0.25) is 5.02 Å². The molecule has 0 saturated heterocycles. The Morgan fingerprint density at radius 2 is 2.07 bits per heavy atom. The van der Waals surface area contributed by atoms with E-state index in [1.165, 1.54) is 30.0 Å². The molecule has 0 saturated carbocycles. The molecule has 148 valence electrons. The van der Waals surface area contributed by atoms with Gasteiger partial charge in [0.25, 0.3) is 5.69 Å². The van der Waals surface area contributed by atoms with Crippen molar-refractivity contribution in [3.05, 3.63) is 76.3 Å². The summed E-state index contributed by atoms with van der Waals surface area (Å²) < 4.78 is 1.84. The lowest BCUT2D eigenvalue weighted by Crippen LogP contribution is -2.14. The van der Waals surface area contributed by atoms with Crippen molar-refractivity contribution in [2.24, 2.45) is 0 Å². The van der Waals surface area contributed by atoms with Crippen LogP contribution in [0.3, 0.4) is 0 Å². The van der Waals surface area contributed by atoms with E-state index in [1.807, 2.05) is 16.7 Å². The van der Waals surface area contributed by atoms with Gasteiger partial charge in [0.2, 0.25) is 5.91 Å². The molecule has 10 heteroatoms. The number of anilines is 1. The molecule has 0 radical (unpaired) electrons. The van der Waals surface area contributed by atoms with Gasteiger partial charge in [-0.15, -0.1) is 16.8 Å². The molecule has 0 bridgehead atoms. The third kappa shape index (κ3) is 5.21. The Morgan fingerprint density at radius 1 is 1.28 bits per heavy atom. The minimum Gasteiger partial charge on any atom is -0.325 e. The standard InChI is InChI=1S/C19H16ClN5O3S/c1-2-9-24-18(13-5-3-6-14(20)10-13)22-23-19(24)29-12-17(26)21-15-7-4-8-16(11-15)25(27)28/h2-8,10-11H,1,9,12H2,(H,21,26). The first-order valence-corrected chi connectivity index (χ1v) is 9.81. The van der Waals surface area contributed by atoms with Crippen LogP contribution in [0.5, 0.6) is 0 Å². The van der Waals surface area contributed by atoms with E-state index in [-0.39, 0.29) is 17.3 Å². The number of nitrogens with one attached hydrogen (secondary N) is 1. The molecule has 1 aromatic heterocycles. The number of allylic oxidation sites excluding steroid dienone is 1. The molecule has 8 nitrogen and oxygen atoms in total. The van der Waals surface area contributed by atoms with Crippen LogP contribution in [-0.4, -0.2) is 31.3 Å². The van der Waals surface area contributed by atoms with Crippen molar-refractivity contribution >= 4 is 40.6 Å². The molecule has 0 aliphatic heterocycles. The number of non-ortho nitro benzene ring substituents is 1. The fraction of sp³-hybridized carbons (Fsp3) is 0.105. The van der Waals surface area contributed by atoms with Crippen molar-refractivity contribution in [1.82, 2.24) is 14.8 Å². The number of nitro groups is 1. The Balaban J connectivity index is 1.72. The van der Waals surface area contributed by atoms with Crippen LogP contribution >= 0.6 is 23.4 Å². The predicted molar refractivity (Wildman–Crippen MR) is 113 cm³/mol. The second-order valence-electron chi connectivity index (χ2n) is 5.86. The number of carbonyl (C=O) groups is 1. The SMILES string of the molecule is C=CCn1c(SCC(=O)Nc2cccc([N+](=O)[O-])c2)nnc1-c1cccc(Cl)c1. The zero-order chi connectivity index (χ0) is 20.8. The zero-order valence-corrected chi connectivity index (χ0v) is 16.7. The largest absolute Gasteiger partial charge is 0.325 e. The molecule has 3 aromatic rings. The van der Waals surface area contributed by atoms with Crippen molar-refractivity contribution in [3.63, 3.8) is 0 Å². The van der Waals surface area contributed by atoms with Crippen LogP contribution in [0, 0.1) is 10.1 Å². The van der Waals surface area contributed by atoms with E-state index in [2.05, 4.69) is 22.1 Å². The van der Waals surface area contributed by atoms with Gasteiger partial charge >= 0.3 is 0 Å². The first-order chi connectivity index (χ1) is 14.0. The highest BCUT2D eigenvalue weighted by Gasteiger charge is 2.16. The van der Waals surface area contributed by atoms with Gasteiger partial charge in [0, 0.05) is 35.0 Å². The van der Waals surface area contributed by atoms with Crippen molar-refractivity contribution in [2.75, 3.05) is 11.1 Å². The van der Waals surface area contributed by atoms with Crippen molar-refractivity contribution in [3.8, 4) is 11.4 Å². The van der Waals surface area contributed by atoms with Crippen LogP contribution in [0.25, 0.3) is 11.4 Å². The number of thioether (sulfide) groups is 1. The van der Waals surface area contributed by atoms with E-state index in [1.54, 1.807) is 24.3 Å². The fourth-order valence-corrected chi connectivity index (χ4v) is 3.49. The third-order valence-electron chi connectivity index (χ3n) is 3.78. The number of amides is 1. The highest BCUT2D eigenvalue weighted by Crippen LogP contribution is 2.26. The monoisotopic (exact) mass is 429 g/mol. The highest BCUT2D eigenvalue weighted by atomic mass is 35.5. The summed E-state index contributed by atoms with van der Waals surface area (Å²) in [7, 11) is 0. The number of aromatic nitrogens is 3. The van der Waals surface area contributed by atoms with Crippen LogP contribution in [0.1, 0.15) is 0 Å². The Morgan fingerprint density at radius 3 is 2.79 bits per heavy atom. The fourth-order valence-electron chi connectivity index (χ4n) is 2.55. The first-order valence-electron chi connectivity index (χ1n) is 8.45. The van der Waals surface area contributed by atoms with Crippen molar-refractivity contribution in [1.29, 1.82) is 0 Å². The lowest BCUT2D eigenvalue weighted by molar-refractivity contribution is -0.384. The summed E-state index contributed by atoms with van der Waals surface area (Å²) in [6.45, 7) is 4.22. The average Bonchev–Trinajstić information content (AvgIpc) is 3.09. The molecule has 29 heavy (non-hydrogen) atoms. The maximum Gasteiger partial charge on any atom is 0.271 e. The molecular weight excluding hydrogens is 414 g/mol. The Kier molecular flexibility index (Phi) is 6.63. The molecule has 0 aliphatic rings. The van der Waals surface area contributed by atoms with E-state index in [0.29, 0.717) is 28.2 Å².